The summed E-state index contributed by atoms with van der Waals surface area (Å²) in [6.07, 6.45) is -3.17. The zero-order chi connectivity index (χ0) is 23.4. The number of sulfonamides is 1. The predicted octanol–water partition coefficient (Wildman–Crippen LogP) is 5.54. The van der Waals surface area contributed by atoms with Gasteiger partial charge in [0.15, 0.2) is 0 Å². The number of amides is 2. The van der Waals surface area contributed by atoms with E-state index >= 15 is 0 Å². The summed E-state index contributed by atoms with van der Waals surface area (Å²) in [4.78, 5) is 12.4. The van der Waals surface area contributed by atoms with Gasteiger partial charge in [-0.2, -0.15) is 24.5 Å². The first-order valence-corrected chi connectivity index (χ1v) is 11.6. The van der Waals surface area contributed by atoms with E-state index in [1.807, 2.05) is 10.8 Å². The third-order valence-corrected chi connectivity index (χ3v) is 6.35. The fourth-order valence-electron chi connectivity index (χ4n) is 2.77. The van der Waals surface area contributed by atoms with Crippen LogP contribution >= 0.6 is 11.3 Å². The highest BCUT2D eigenvalue weighted by molar-refractivity contribution is 7.89. The van der Waals surface area contributed by atoms with Crippen LogP contribution in [0.2, 0.25) is 0 Å². The zero-order valence-electron chi connectivity index (χ0n) is 16.4. The minimum absolute atomic E-state index is 0.0212. The third kappa shape index (κ3) is 5.75. The summed E-state index contributed by atoms with van der Waals surface area (Å²) in [7, 11) is -3.86. The zero-order valence-corrected chi connectivity index (χ0v) is 18.1. The molecule has 0 aliphatic carbocycles. The SMILES string of the molecule is C=CCNS(=O)(=O)c1ccc(-c2ccsc2)c(NC(=O)Nc2cccc(C(F)(F)F)c2)c1. The van der Waals surface area contributed by atoms with Gasteiger partial charge in [0.2, 0.25) is 10.0 Å². The molecule has 0 saturated heterocycles. The average Bonchev–Trinajstić information content (AvgIpc) is 3.26. The van der Waals surface area contributed by atoms with Crippen LogP contribution in [0.15, 0.2) is 76.8 Å². The van der Waals surface area contributed by atoms with Crippen LogP contribution in [0.1, 0.15) is 5.56 Å². The van der Waals surface area contributed by atoms with Crippen molar-refractivity contribution < 1.29 is 26.4 Å². The van der Waals surface area contributed by atoms with E-state index in [1.54, 1.807) is 12.1 Å². The van der Waals surface area contributed by atoms with Crippen molar-refractivity contribution in [1.82, 2.24) is 4.72 Å². The maximum Gasteiger partial charge on any atom is 0.416 e. The van der Waals surface area contributed by atoms with Gasteiger partial charge in [0.05, 0.1) is 16.1 Å². The van der Waals surface area contributed by atoms with Gasteiger partial charge in [-0.3, -0.25) is 0 Å². The first-order valence-electron chi connectivity index (χ1n) is 9.12. The van der Waals surface area contributed by atoms with Gasteiger partial charge in [-0.15, -0.1) is 6.58 Å². The monoisotopic (exact) mass is 481 g/mol. The van der Waals surface area contributed by atoms with E-state index in [9.17, 15) is 26.4 Å². The molecule has 0 aliphatic rings. The summed E-state index contributed by atoms with van der Waals surface area (Å²) in [6.45, 7) is 3.48. The van der Waals surface area contributed by atoms with Crippen molar-refractivity contribution in [3.8, 4) is 11.1 Å². The molecule has 0 saturated carbocycles. The van der Waals surface area contributed by atoms with Gasteiger partial charge in [0, 0.05) is 17.8 Å². The number of hydrogen-bond acceptors (Lipinski definition) is 4. The van der Waals surface area contributed by atoms with Crippen LogP contribution < -0.4 is 15.4 Å². The van der Waals surface area contributed by atoms with E-state index in [2.05, 4.69) is 21.9 Å². The molecule has 0 aliphatic heterocycles. The Balaban J connectivity index is 1.90. The minimum Gasteiger partial charge on any atom is -0.308 e. The van der Waals surface area contributed by atoms with E-state index < -0.39 is 27.8 Å². The molecular weight excluding hydrogens is 463 g/mol. The Morgan fingerprint density at radius 2 is 1.88 bits per heavy atom. The summed E-state index contributed by atoms with van der Waals surface area (Å²) in [5.74, 6) is 0. The number of thiophene rings is 1. The van der Waals surface area contributed by atoms with Gasteiger partial charge in [-0.1, -0.05) is 18.2 Å². The summed E-state index contributed by atoms with van der Waals surface area (Å²) in [5, 5.41) is 8.51. The molecule has 0 fully saturated rings. The molecule has 0 atom stereocenters. The number of rotatable bonds is 7. The smallest absolute Gasteiger partial charge is 0.308 e. The number of carbonyl (C=O) groups is 1. The molecule has 3 N–H and O–H groups in total. The topological polar surface area (TPSA) is 87.3 Å². The predicted molar refractivity (Wildman–Crippen MR) is 119 cm³/mol. The van der Waals surface area contributed by atoms with Crippen molar-refractivity contribution in [2.75, 3.05) is 17.2 Å². The first-order chi connectivity index (χ1) is 15.1. The van der Waals surface area contributed by atoms with Gasteiger partial charge in [-0.25, -0.2) is 17.9 Å². The normalized spacial score (nSPS) is 11.7. The second-order valence-electron chi connectivity index (χ2n) is 6.52. The molecule has 168 valence electrons. The lowest BCUT2D eigenvalue weighted by Crippen LogP contribution is -2.24. The molecule has 11 heteroatoms. The fraction of sp³-hybridized carbons (Fsp3) is 0.0952. The molecule has 3 rings (SSSR count). The van der Waals surface area contributed by atoms with Crippen molar-refractivity contribution in [2.45, 2.75) is 11.1 Å². The highest BCUT2D eigenvalue weighted by atomic mass is 32.2. The quantitative estimate of drug-likeness (QED) is 0.387. The van der Waals surface area contributed by atoms with Gasteiger partial charge in [0.1, 0.15) is 0 Å². The van der Waals surface area contributed by atoms with Crippen LogP contribution in [-0.4, -0.2) is 21.0 Å². The average molecular weight is 482 g/mol. The molecule has 0 bridgehead atoms. The molecule has 2 amide bonds. The lowest BCUT2D eigenvalue weighted by molar-refractivity contribution is -0.137. The lowest BCUT2D eigenvalue weighted by Gasteiger charge is -2.14. The lowest BCUT2D eigenvalue weighted by atomic mass is 10.1. The van der Waals surface area contributed by atoms with E-state index in [-0.39, 0.29) is 22.8 Å². The Labute approximate surface area is 186 Å². The molecule has 1 aromatic heterocycles. The maximum atomic E-state index is 12.9. The van der Waals surface area contributed by atoms with Crippen molar-refractivity contribution in [2.24, 2.45) is 0 Å². The Morgan fingerprint density at radius 3 is 2.53 bits per heavy atom. The number of benzene rings is 2. The Hall–Kier alpha value is -3.15. The summed E-state index contributed by atoms with van der Waals surface area (Å²) >= 11 is 1.41. The van der Waals surface area contributed by atoms with Crippen LogP contribution in [0.4, 0.5) is 29.3 Å². The van der Waals surface area contributed by atoms with E-state index in [0.717, 1.165) is 17.7 Å². The van der Waals surface area contributed by atoms with Crippen LogP contribution in [0.25, 0.3) is 11.1 Å². The van der Waals surface area contributed by atoms with Gasteiger partial charge in [0.25, 0.3) is 0 Å². The third-order valence-electron chi connectivity index (χ3n) is 4.25. The Kier molecular flexibility index (Phi) is 7.02. The van der Waals surface area contributed by atoms with Gasteiger partial charge >= 0.3 is 12.2 Å². The largest absolute Gasteiger partial charge is 0.416 e. The van der Waals surface area contributed by atoms with E-state index in [0.29, 0.717) is 5.56 Å². The van der Waals surface area contributed by atoms with E-state index in [1.165, 1.54) is 41.7 Å². The maximum absolute atomic E-state index is 12.9. The van der Waals surface area contributed by atoms with Crippen LogP contribution in [0.5, 0.6) is 0 Å². The number of urea groups is 1. The van der Waals surface area contributed by atoms with Crippen molar-refractivity contribution in [1.29, 1.82) is 0 Å². The fourth-order valence-corrected chi connectivity index (χ4v) is 4.45. The van der Waals surface area contributed by atoms with Crippen molar-refractivity contribution in [3.63, 3.8) is 0 Å². The summed E-state index contributed by atoms with van der Waals surface area (Å²) < 4.78 is 66.0. The number of halogens is 3. The number of nitrogens with one attached hydrogen (secondary N) is 3. The second-order valence-corrected chi connectivity index (χ2v) is 9.06. The highest BCUT2D eigenvalue weighted by Crippen LogP contribution is 2.33. The molecule has 0 radical (unpaired) electrons. The molecule has 3 aromatic rings. The number of carbonyl (C=O) groups excluding carboxylic acids is 1. The second kappa shape index (κ2) is 9.55. The number of anilines is 2. The molecule has 2 aromatic carbocycles. The molecule has 1 heterocycles. The number of alkyl halides is 3. The summed E-state index contributed by atoms with van der Waals surface area (Å²) in [5.41, 5.74) is 0.497. The van der Waals surface area contributed by atoms with Crippen LogP contribution in [0, 0.1) is 0 Å². The van der Waals surface area contributed by atoms with Crippen molar-refractivity contribution in [3.05, 3.63) is 77.5 Å². The van der Waals surface area contributed by atoms with E-state index in [4.69, 9.17) is 0 Å². The highest BCUT2D eigenvalue weighted by Gasteiger charge is 2.30. The van der Waals surface area contributed by atoms with Crippen LogP contribution in [0.3, 0.4) is 0 Å². The van der Waals surface area contributed by atoms with Gasteiger partial charge < -0.3 is 10.6 Å². The van der Waals surface area contributed by atoms with Gasteiger partial charge in [-0.05, 0) is 52.7 Å². The molecular formula is C21H18F3N3O3S2. The standard InChI is InChI=1S/C21H18F3N3O3S2/c1-2-9-25-32(29,30)17-6-7-18(14-8-10-31-13-14)19(12-17)27-20(28)26-16-5-3-4-15(11-16)21(22,23)24/h2-8,10-13,25H,1,9H2,(H2,26,27,28). The Morgan fingerprint density at radius 1 is 1.09 bits per heavy atom. The number of hydrogen-bond donors (Lipinski definition) is 3. The minimum atomic E-state index is -4.55. The first kappa shape index (κ1) is 23.5. The molecule has 32 heavy (non-hydrogen) atoms. The summed E-state index contributed by atoms with van der Waals surface area (Å²) in [6, 6.07) is 9.38. The molecule has 6 nitrogen and oxygen atoms in total. The Bertz CT molecular complexity index is 1220. The van der Waals surface area contributed by atoms with Crippen molar-refractivity contribution >= 4 is 38.8 Å². The van der Waals surface area contributed by atoms with Crippen LogP contribution in [-0.2, 0) is 16.2 Å². The molecule has 0 unspecified atom stereocenters. The molecule has 0 spiro atoms.